The lowest BCUT2D eigenvalue weighted by Crippen LogP contribution is -2.37. The first kappa shape index (κ1) is 22.3. The van der Waals surface area contributed by atoms with Crippen molar-refractivity contribution in [1.82, 2.24) is 9.80 Å². The van der Waals surface area contributed by atoms with Gasteiger partial charge in [0, 0.05) is 50.8 Å². The number of hydrogen-bond acceptors (Lipinski definition) is 4. The Bertz CT molecular complexity index is 901. The Morgan fingerprint density at radius 2 is 1.68 bits per heavy atom. The van der Waals surface area contributed by atoms with Crippen molar-refractivity contribution in [2.24, 2.45) is 0 Å². The maximum atomic E-state index is 12.9. The third kappa shape index (κ3) is 6.84. The molecule has 0 atom stereocenters. The van der Waals surface area contributed by atoms with Gasteiger partial charge in [-0.3, -0.25) is 14.4 Å². The van der Waals surface area contributed by atoms with Gasteiger partial charge >= 0.3 is 0 Å². The zero-order valence-corrected chi connectivity index (χ0v) is 17.9. The molecule has 2 aromatic rings. The van der Waals surface area contributed by atoms with Gasteiger partial charge in [-0.2, -0.15) is 0 Å². The van der Waals surface area contributed by atoms with Crippen LogP contribution in [0.4, 0.5) is 5.69 Å². The predicted octanol–water partition coefficient (Wildman–Crippen LogP) is 3.18. The van der Waals surface area contributed by atoms with Gasteiger partial charge in [0.1, 0.15) is 5.75 Å². The standard InChI is InChI=1S/C24H29N3O4/c1-19(28)25-21-9-5-8-20(18-21)24(30)27-14-7-13-26(15-16-27)23(29)12-6-17-31-22-10-3-2-4-11-22/h2-5,8-11,18H,6-7,12-17H2,1H3,(H,25,28). The van der Waals surface area contributed by atoms with Gasteiger partial charge in [-0.15, -0.1) is 0 Å². The second-order valence-corrected chi connectivity index (χ2v) is 7.55. The molecular weight excluding hydrogens is 394 g/mol. The Hall–Kier alpha value is -3.35. The lowest BCUT2D eigenvalue weighted by atomic mass is 10.1. The van der Waals surface area contributed by atoms with E-state index in [2.05, 4.69) is 5.32 Å². The number of benzene rings is 2. The number of hydrogen-bond donors (Lipinski definition) is 1. The number of rotatable bonds is 7. The molecule has 1 fully saturated rings. The summed E-state index contributed by atoms with van der Waals surface area (Å²) < 4.78 is 5.65. The van der Waals surface area contributed by atoms with Gasteiger partial charge in [-0.1, -0.05) is 24.3 Å². The Kier molecular flexibility index (Phi) is 8.04. The van der Waals surface area contributed by atoms with Gasteiger partial charge in [0.25, 0.3) is 5.91 Å². The molecule has 3 amide bonds. The normalized spacial score (nSPS) is 14.0. The van der Waals surface area contributed by atoms with Crippen LogP contribution in [0.15, 0.2) is 54.6 Å². The minimum Gasteiger partial charge on any atom is -0.494 e. The van der Waals surface area contributed by atoms with E-state index in [9.17, 15) is 14.4 Å². The number of anilines is 1. The van der Waals surface area contributed by atoms with Gasteiger partial charge in [-0.05, 0) is 43.2 Å². The van der Waals surface area contributed by atoms with Crippen molar-refractivity contribution in [3.63, 3.8) is 0 Å². The highest BCUT2D eigenvalue weighted by atomic mass is 16.5. The van der Waals surface area contributed by atoms with Gasteiger partial charge in [-0.25, -0.2) is 0 Å². The molecule has 0 unspecified atom stereocenters. The number of para-hydroxylation sites is 1. The number of carbonyl (C=O) groups excluding carboxylic acids is 3. The summed E-state index contributed by atoms with van der Waals surface area (Å²) in [5.41, 5.74) is 1.13. The van der Waals surface area contributed by atoms with Crippen molar-refractivity contribution in [3.05, 3.63) is 60.2 Å². The Balaban J connectivity index is 1.46. The maximum Gasteiger partial charge on any atom is 0.253 e. The SMILES string of the molecule is CC(=O)Nc1cccc(C(=O)N2CCCN(C(=O)CCCOc3ccccc3)CC2)c1. The van der Waals surface area contributed by atoms with E-state index in [0.29, 0.717) is 56.9 Å². The minimum absolute atomic E-state index is 0.0854. The number of carbonyl (C=O) groups is 3. The highest BCUT2D eigenvalue weighted by molar-refractivity contribution is 5.96. The minimum atomic E-state index is -0.178. The first-order valence-corrected chi connectivity index (χ1v) is 10.7. The first-order chi connectivity index (χ1) is 15.0. The average molecular weight is 424 g/mol. The van der Waals surface area contributed by atoms with E-state index in [0.717, 1.165) is 12.2 Å². The molecular formula is C24H29N3O4. The molecule has 0 saturated carbocycles. The summed E-state index contributed by atoms with van der Waals surface area (Å²) in [6, 6.07) is 16.5. The molecule has 31 heavy (non-hydrogen) atoms. The molecule has 1 heterocycles. The maximum absolute atomic E-state index is 12.9. The number of nitrogens with one attached hydrogen (secondary N) is 1. The molecule has 1 aliphatic heterocycles. The Morgan fingerprint density at radius 1 is 0.935 bits per heavy atom. The number of ether oxygens (including phenoxy) is 1. The number of amides is 3. The summed E-state index contributed by atoms with van der Waals surface area (Å²) in [6.45, 7) is 4.20. The molecule has 0 spiro atoms. The van der Waals surface area contributed by atoms with Gasteiger partial charge in [0.05, 0.1) is 6.61 Å². The van der Waals surface area contributed by atoms with E-state index >= 15 is 0 Å². The highest BCUT2D eigenvalue weighted by Gasteiger charge is 2.22. The number of nitrogens with zero attached hydrogens (tertiary/aromatic N) is 2. The summed E-state index contributed by atoms with van der Waals surface area (Å²) in [4.78, 5) is 40.4. The molecule has 3 rings (SSSR count). The Morgan fingerprint density at radius 3 is 2.45 bits per heavy atom. The quantitative estimate of drug-likeness (QED) is 0.694. The molecule has 0 bridgehead atoms. The monoisotopic (exact) mass is 423 g/mol. The molecule has 0 aromatic heterocycles. The lowest BCUT2D eigenvalue weighted by Gasteiger charge is -2.22. The van der Waals surface area contributed by atoms with E-state index in [4.69, 9.17) is 4.74 Å². The summed E-state index contributed by atoms with van der Waals surface area (Å²) in [7, 11) is 0. The van der Waals surface area contributed by atoms with Crippen LogP contribution >= 0.6 is 0 Å². The van der Waals surface area contributed by atoms with Gasteiger partial charge < -0.3 is 19.9 Å². The van der Waals surface area contributed by atoms with E-state index in [1.807, 2.05) is 35.2 Å². The molecule has 164 valence electrons. The van der Waals surface area contributed by atoms with Crippen LogP contribution in [0.25, 0.3) is 0 Å². The molecule has 2 aromatic carbocycles. The lowest BCUT2D eigenvalue weighted by molar-refractivity contribution is -0.131. The van der Waals surface area contributed by atoms with Crippen LogP contribution in [-0.4, -0.2) is 60.3 Å². The summed E-state index contributed by atoms with van der Waals surface area (Å²) in [5, 5.41) is 2.70. The fourth-order valence-electron chi connectivity index (χ4n) is 3.57. The highest BCUT2D eigenvalue weighted by Crippen LogP contribution is 2.15. The molecule has 1 N–H and O–H groups in total. The molecule has 1 saturated heterocycles. The van der Waals surface area contributed by atoms with Crippen molar-refractivity contribution in [2.45, 2.75) is 26.2 Å². The molecule has 7 heteroatoms. The second kappa shape index (κ2) is 11.2. The zero-order chi connectivity index (χ0) is 22.1. The topological polar surface area (TPSA) is 79.0 Å². The van der Waals surface area contributed by atoms with Crippen molar-refractivity contribution in [2.75, 3.05) is 38.1 Å². The van der Waals surface area contributed by atoms with Crippen LogP contribution in [0.3, 0.4) is 0 Å². The molecule has 0 radical (unpaired) electrons. The third-order valence-corrected chi connectivity index (χ3v) is 5.11. The van der Waals surface area contributed by atoms with Crippen molar-refractivity contribution < 1.29 is 19.1 Å². The second-order valence-electron chi connectivity index (χ2n) is 7.55. The van der Waals surface area contributed by atoms with Crippen LogP contribution in [0, 0.1) is 0 Å². The first-order valence-electron chi connectivity index (χ1n) is 10.7. The van der Waals surface area contributed by atoms with Crippen LogP contribution in [0.2, 0.25) is 0 Å². The average Bonchev–Trinajstić information content (AvgIpc) is 3.03. The van der Waals surface area contributed by atoms with Crippen molar-refractivity contribution >= 4 is 23.4 Å². The van der Waals surface area contributed by atoms with Crippen molar-refractivity contribution in [1.29, 1.82) is 0 Å². The largest absolute Gasteiger partial charge is 0.494 e. The summed E-state index contributed by atoms with van der Waals surface area (Å²) in [6.07, 6.45) is 1.83. The van der Waals surface area contributed by atoms with Crippen molar-refractivity contribution in [3.8, 4) is 5.75 Å². The molecule has 1 aliphatic rings. The van der Waals surface area contributed by atoms with Gasteiger partial charge in [0.2, 0.25) is 11.8 Å². The van der Waals surface area contributed by atoms with Crippen LogP contribution in [0.1, 0.15) is 36.5 Å². The fraction of sp³-hybridized carbons (Fsp3) is 0.375. The Labute approximate surface area is 183 Å². The smallest absolute Gasteiger partial charge is 0.253 e. The van der Waals surface area contributed by atoms with Crippen LogP contribution in [0.5, 0.6) is 5.75 Å². The fourth-order valence-corrected chi connectivity index (χ4v) is 3.57. The van der Waals surface area contributed by atoms with E-state index in [-0.39, 0.29) is 17.7 Å². The van der Waals surface area contributed by atoms with E-state index in [1.54, 1.807) is 29.2 Å². The summed E-state index contributed by atoms with van der Waals surface area (Å²) in [5.74, 6) is 0.639. The summed E-state index contributed by atoms with van der Waals surface area (Å²) >= 11 is 0. The van der Waals surface area contributed by atoms with E-state index < -0.39 is 0 Å². The molecule has 0 aliphatic carbocycles. The predicted molar refractivity (Wildman–Crippen MR) is 119 cm³/mol. The third-order valence-electron chi connectivity index (χ3n) is 5.11. The van der Waals surface area contributed by atoms with Crippen LogP contribution < -0.4 is 10.1 Å². The zero-order valence-electron chi connectivity index (χ0n) is 17.9. The van der Waals surface area contributed by atoms with Gasteiger partial charge in [0.15, 0.2) is 0 Å². The van der Waals surface area contributed by atoms with Crippen LogP contribution in [-0.2, 0) is 9.59 Å². The van der Waals surface area contributed by atoms with E-state index in [1.165, 1.54) is 6.92 Å². The molecule has 7 nitrogen and oxygen atoms in total.